The van der Waals surface area contributed by atoms with Crippen LogP contribution in [0.1, 0.15) is 103 Å². The smallest absolute Gasteiger partial charge is 0.335 e. The Kier molecular flexibility index (Phi) is 10.9. The summed E-state index contributed by atoms with van der Waals surface area (Å²) in [5.74, 6) is -1.07. The van der Waals surface area contributed by atoms with Crippen molar-refractivity contribution < 1.29 is 34.1 Å². The van der Waals surface area contributed by atoms with E-state index in [4.69, 9.17) is 4.74 Å². The summed E-state index contributed by atoms with van der Waals surface area (Å²) in [5.41, 5.74) is 0.562. The van der Waals surface area contributed by atoms with Crippen molar-refractivity contribution in [2.75, 3.05) is 26.7 Å². The third-order valence-corrected chi connectivity index (χ3v) is 10.2. The Morgan fingerprint density at radius 2 is 1.68 bits per heavy atom. The summed E-state index contributed by atoms with van der Waals surface area (Å²) in [7, 11) is 1.46. The molecule has 3 aliphatic rings. The number of carbonyl (C=O) groups is 4. The third-order valence-electron chi connectivity index (χ3n) is 10.2. The van der Waals surface area contributed by atoms with Gasteiger partial charge in [-0.2, -0.15) is 0 Å². The number of benzene rings is 2. The van der Waals surface area contributed by atoms with Crippen LogP contribution in [0.3, 0.4) is 0 Å². The predicted octanol–water partition coefficient (Wildman–Crippen LogP) is 3.87. The molecule has 0 unspecified atom stereocenters. The normalized spacial score (nSPS) is 20.9. The Labute approximate surface area is 276 Å². The van der Waals surface area contributed by atoms with Crippen LogP contribution in [0.15, 0.2) is 42.5 Å². The number of nitrogens with zero attached hydrogens (tertiary/aromatic N) is 2. The number of unbranched alkanes of at least 4 members (excludes halogenated alkanes) is 1. The van der Waals surface area contributed by atoms with E-state index in [0.717, 1.165) is 37.7 Å². The maximum Gasteiger partial charge on any atom is 0.335 e. The van der Waals surface area contributed by atoms with Gasteiger partial charge in [0.05, 0.1) is 18.3 Å². The molecular formula is C36H48N4O7. The molecule has 254 valence electrons. The second-order valence-electron chi connectivity index (χ2n) is 13.4. The highest BCUT2D eigenvalue weighted by atomic mass is 16.5. The largest absolute Gasteiger partial charge is 0.496 e. The highest BCUT2D eigenvalue weighted by molar-refractivity contribution is 6.00. The van der Waals surface area contributed by atoms with E-state index >= 15 is 0 Å². The number of carboxylic acid groups (broad SMARTS) is 1. The molecule has 2 aliphatic heterocycles. The first kappa shape index (κ1) is 34.4. The van der Waals surface area contributed by atoms with Crippen molar-refractivity contribution >= 4 is 23.7 Å². The maximum atomic E-state index is 13.8. The molecule has 5 rings (SSSR count). The van der Waals surface area contributed by atoms with Gasteiger partial charge < -0.3 is 30.5 Å². The van der Waals surface area contributed by atoms with Crippen LogP contribution in [-0.4, -0.2) is 87.6 Å². The molecule has 1 atom stereocenters. The van der Waals surface area contributed by atoms with Crippen molar-refractivity contribution in [2.24, 2.45) is 0 Å². The minimum absolute atomic E-state index is 0.0601. The molecule has 1 aliphatic carbocycles. The molecule has 0 radical (unpaired) electrons. The number of piperidine rings is 1. The molecule has 1 spiro atoms. The molecule has 11 heteroatoms. The van der Waals surface area contributed by atoms with E-state index in [9.17, 15) is 29.4 Å². The second kappa shape index (κ2) is 14.9. The molecule has 0 bridgehead atoms. The molecule has 2 saturated heterocycles. The SMILES string of the molecule is CCCCN1C(=O)[C@@H](CC2(O)CCCCC2)NC(=O)C12CCN(Cc1ccc(C(=O)NCc3ccc(C(=O)O)cc3OC)cc1)CC2. The zero-order chi connectivity index (χ0) is 33.6. The summed E-state index contributed by atoms with van der Waals surface area (Å²) >= 11 is 0. The third kappa shape index (κ3) is 7.79. The van der Waals surface area contributed by atoms with Gasteiger partial charge in [0, 0.05) is 50.3 Å². The van der Waals surface area contributed by atoms with E-state index in [1.54, 1.807) is 18.2 Å². The Balaban J connectivity index is 1.17. The van der Waals surface area contributed by atoms with Gasteiger partial charge in [-0.3, -0.25) is 19.3 Å². The quantitative estimate of drug-likeness (QED) is 0.271. The van der Waals surface area contributed by atoms with Crippen molar-refractivity contribution in [1.82, 2.24) is 20.4 Å². The van der Waals surface area contributed by atoms with E-state index in [-0.39, 0.29) is 36.3 Å². The zero-order valence-corrected chi connectivity index (χ0v) is 27.6. The van der Waals surface area contributed by atoms with Crippen LogP contribution in [0.4, 0.5) is 0 Å². The number of methoxy groups -OCH3 is 1. The standard InChI is InChI=1S/C36H48N4O7/c1-3-4-18-40-32(42)29(22-35(46)14-6-5-7-15-35)38-34(45)36(40)16-19-39(20-17-36)24-25-8-10-26(11-9-25)31(41)37-23-28-13-12-27(33(43)44)21-30(28)47-2/h8-13,21,29,46H,3-7,14-20,22-24H2,1-2H3,(H,37,41)(H,38,45)(H,43,44)/t29-/m1/s1. The van der Waals surface area contributed by atoms with E-state index < -0.39 is 23.2 Å². The van der Waals surface area contributed by atoms with E-state index in [2.05, 4.69) is 22.5 Å². The average molecular weight is 649 g/mol. The summed E-state index contributed by atoms with van der Waals surface area (Å²) < 4.78 is 5.30. The number of hydrogen-bond acceptors (Lipinski definition) is 7. The molecule has 4 N–H and O–H groups in total. The summed E-state index contributed by atoms with van der Waals surface area (Å²) in [6.45, 7) is 4.78. The number of hydrogen-bond donors (Lipinski definition) is 4. The van der Waals surface area contributed by atoms with Gasteiger partial charge in [0.15, 0.2) is 0 Å². The lowest BCUT2D eigenvalue weighted by Crippen LogP contribution is -2.73. The number of rotatable bonds is 12. The maximum absolute atomic E-state index is 13.8. The van der Waals surface area contributed by atoms with E-state index in [1.807, 2.05) is 17.0 Å². The summed E-state index contributed by atoms with van der Waals surface area (Å²) in [4.78, 5) is 55.8. The number of carboxylic acids is 1. The molecule has 2 heterocycles. The molecule has 11 nitrogen and oxygen atoms in total. The first-order valence-electron chi connectivity index (χ1n) is 16.9. The van der Waals surface area contributed by atoms with Crippen LogP contribution in [0.25, 0.3) is 0 Å². The number of aliphatic hydroxyl groups is 1. The van der Waals surface area contributed by atoms with Gasteiger partial charge in [-0.05, 0) is 61.9 Å². The molecule has 3 amide bonds. The number of nitrogens with one attached hydrogen (secondary N) is 2. The van der Waals surface area contributed by atoms with Gasteiger partial charge in [-0.15, -0.1) is 0 Å². The first-order chi connectivity index (χ1) is 22.6. The fourth-order valence-corrected chi connectivity index (χ4v) is 7.35. The highest BCUT2D eigenvalue weighted by Gasteiger charge is 2.54. The molecule has 2 aromatic carbocycles. The van der Waals surface area contributed by atoms with Gasteiger partial charge in [0.25, 0.3) is 5.91 Å². The van der Waals surface area contributed by atoms with Gasteiger partial charge >= 0.3 is 5.97 Å². The van der Waals surface area contributed by atoms with Crippen molar-refractivity contribution in [1.29, 1.82) is 0 Å². The fourth-order valence-electron chi connectivity index (χ4n) is 7.35. The van der Waals surface area contributed by atoms with Crippen LogP contribution in [0.2, 0.25) is 0 Å². The first-order valence-corrected chi connectivity index (χ1v) is 16.9. The minimum Gasteiger partial charge on any atom is -0.496 e. The predicted molar refractivity (Wildman–Crippen MR) is 176 cm³/mol. The van der Waals surface area contributed by atoms with Gasteiger partial charge in [-0.25, -0.2) is 4.79 Å². The molecule has 47 heavy (non-hydrogen) atoms. The monoisotopic (exact) mass is 648 g/mol. The van der Waals surface area contributed by atoms with E-state index in [0.29, 0.717) is 68.7 Å². The number of piperazine rings is 1. The molecule has 3 fully saturated rings. The summed E-state index contributed by atoms with van der Waals surface area (Å²) in [6, 6.07) is 11.3. The Morgan fingerprint density at radius 1 is 1.00 bits per heavy atom. The lowest BCUT2D eigenvalue weighted by Gasteiger charge is -2.52. The lowest BCUT2D eigenvalue weighted by atomic mass is 9.77. The van der Waals surface area contributed by atoms with Crippen molar-refractivity contribution in [3.63, 3.8) is 0 Å². The van der Waals surface area contributed by atoms with Crippen molar-refractivity contribution in [3.05, 3.63) is 64.7 Å². The topological polar surface area (TPSA) is 149 Å². The Bertz CT molecular complexity index is 1450. The van der Waals surface area contributed by atoms with Crippen LogP contribution in [-0.2, 0) is 22.7 Å². The average Bonchev–Trinajstić information content (AvgIpc) is 3.07. The molecule has 0 aromatic heterocycles. The summed E-state index contributed by atoms with van der Waals surface area (Å²) in [6.07, 6.45) is 7.46. The fraction of sp³-hybridized carbons (Fsp3) is 0.556. The van der Waals surface area contributed by atoms with Crippen LogP contribution < -0.4 is 15.4 Å². The Hall–Kier alpha value is -3.96. The van der Waals surface area contributed by atoms with Gasteiger partial charge in [0.2, 0.25) is 11.8 Å². The van der Waals surface area contributed by atoms with Crippen molar-refractivity contribution in [2.45, 2.75) is 101 Å². The van der Waals surface area contributed by atoms with Crippen LogP contribution in [0.5, 0.6) is 5.75 Å². The second-order valence-corrected chi connectivity index (χ2v) is 13.4. The zero-order valence-electron chi connectivity index (χ0n) is 27.6. The number of likely N-dealkylation sites (tertiary alicyclic amines) is 1. The minimum atomic E-state index is -1.05. The van der Waals surface area contributed by atoms with Crippen LogP contribution in [0, 0.1) is 0 Å². The summed E-state index contributed by atoms with van der Waals surface area (Å²) in [5, 5.41) is 26.3. The van der Waals surface area contributed by atoms with Gasteiger partial charge in [-0.1, -0.05) is 50.8 Å². The molecule has 1 saturated carbocycles. The molecule has 2 aromatic rings. The number of amides is 3. The van der Waals surface area contributed by atoms with E-state index in [1.165, 1.54) is 19.2 Å². The van der Waals surface area contributed by atoms with Crippen molar-refractivity contribution in [3.8, 4) is 5.75 Å². The van der Waals surface area contributed by atoms with Gasteiger partial charge in [0.1, 0.15) is 17.3 Å². The van der Waals surface area contributed by atoms with Crippen LogP contribution >= 0.6 is 0 Å². The molecular weight excluding hydrogens is 600 g/mol. The number of aromatic carboxylic acids is 1. The highest BCUT2D eigenvalue weighted by Crippen LogP contribution is 2.37. The lowest BCUT2D eigenvalue weighted by molar-refractivity contribution is -0.163. The number of ether oxygens (including phenoxy) is 1. The Morgan fingerprint density at radius 3 is 2.32 bits per heavy atom. The number of carbonyl (C=O) groups excluding carboxylic acids is 3.